The molecule has 1 amide bonds. The van der Waals surface area contributed by atoms with E-state index in [0.29, 0.717) is 12.2 Å². The molecule has 0 bridgehead atoms. The lowest BCUT2D eigenvalue weighted by molar-refractivity contribution is 0.0946. The van der Waals surface area contributed by atoms with Crippen LogP contribution < -0.4 is 10.6 Å². The van der Waals surface area contributed by atoms with E-state index in [-0.39, 0.29) is 5.91 Å². The van der Waals surface area contributed by atoms with Crippen LogP contribution in [0.25, 0.3) is 0 Å². The molecule has 0 atom stereocenters. The highest BCUT2D eigenvalue weighted by molar-refractivity contribution is 5.92. The third-order valence-corrected chi connectivity index (χ3v) is 4.00. The molecule has 0 unspecified atom stereocenters. The van der Waals surface area contributed by atoms with Gasteiger partial charge in [-0.2, -0.15) is 0 Å². The zero-order valence-electron chi connectivity index (χ0n) is 14.4. The van der Waals surface area contributed by atoms with E-state index in [1.165, 1.54) is 5.56 Å². The van der Waals surface area contributed by atoms with Gasteiger partial charge < -0.3 is 10.6 Å². The molecule has 1 heterocycles. The van der Waals surface area contributed by atoms with Crippen molar-refractivity contribution in [1.29, 1.82) is 0 Å². The average Bonchev–Trinajstić information content (AvgIpc) is 2.61. The number of amides is 1. The van der Waals surface area contributed by atoms with E-state index < -0.39 is 0 Å². The zero-order chi connectivity index (χ0) is 17.6. The molecule has 4 heteroatoms. The molecule has 3 aromatic rings. The number of aromatic nitrogens is 1. The highest BCUT2D eigenvalue weighted by Crippen LogP contribution is 2.17. The summed E-state index contributed by atoms with van der Waals surface area (Å²) in [6, 6.07) is 19.7. The number of rotatable bonds is 5. The Labute approximate surface area is 147 Å². The lowest BCUT2D eigenvalue weighted by Gasteiger charge is -2.09. The minimum Gasteiger partial charge on any atom is -0.354 e. The van der Waals surface area contributed by atoms with E-state index in [0.717, 1.165) is 22.5 Å². The summed E-state index contributed by atoms with van der Waals surface area (Å²) < 4.78 is 0. The van der Waals surface area contributed by atoms with Crippen molar-refractivity contribution in [3.63, 3.8) is 0 Å². The van der Waals surface area contributed by atoms with Crippen molar-refractivity contribution in [1.82, 2.24) is 10.3 Å². The Kier molecular flexibility index (Phi) is 5.09. The lowest BCUT2D eigenvalue weighted by Crippen LogP contribution is -2.24. The number of nitrogens with one attached hydrogen (secondary N) is 2. The molecule has 4 nitrogen and oxygen atoms in total. The van der Waals surface area contributed by atoms with Gasteiger partial charge in [-0.15, -0.1) is 0 Å². The molecular weight excluding hydrogens is 310 g/mol. The molecule has 0 fully saturated rings. The maximum atomic E-state index is 12.2. The third-order valence-electron chi connectivity index (χ3n) is 4.00. The Morgan fingerprint density at radius 2 is 1.80 bits per heavy atom. The number of hydrogen-bond acceptors (Lipinski definition) is 3. The van der Waals surface area contributed by atoms with Crippen LogP contribution in [0.1, 0.15) is 27.2 Å². The maximum Gasteiger partial charge on any atom is 0.270 e. The standard InChI is InChI=1S/C21H21N3O/c1-15-6-5-9-18(12-15)24-19-10-11-20(22-14-19)21(25)23-13-17-8-4-3-7-16(17)2/h3-12,14,24H,13H2,1-2H3,(H,23,25). The molecule has 0 radical (unpaired) electrons. The monoisotopic (exact) mass is 331 g/mol. The number of carbonyl (C=O) groups is 1. The molecule has 0 aliphatic rings. The van der Waals surface area contributed by atoms with Gasteiger partial charge in [0.05, 0.1) is 11.9 Å². The van der Waals surface area contributed by atoms with E-state index in [4.69, 9.17) is 0 Å². The van der Waals surface area contributed by atoms with Crippen LogP contribution in [0.5, 0.6) is 0 Å². The summed E-state index contributed by atoms with van der Waals surface area (Å²) in [5, 5.41) is 6.19. The van der Waals surface area contributed by atoms with Gasteiger partial charge in [0.15, 0.2) is 0 Å². The second-order valence-electron chi connectivity index (χ2n) is 6.04. The van der Waals surface area contributed by atoms with Crippen LogP contribution >= 0.6 is 0 Å². The second kappa shape index (κ2) is 7.62. The molecule has 1 aromatic heterocycles. The lowest BCUT2D eigenvalue weighted by atomic mass is 10.1. The Morgan fingerprint density at radius 1 is 0.960 bits per heavy atom. The molecule has 126 valence electrons. The van der Waals surface area contributed by atoms with Gasteiger partial charge in [0, 0.05) is 12.2 Å². The molecule has 0 saturated heterocycles. The second-order valence-corrected chi connectivity index (χ2v) is 6.04. The number of nitrogens with zero attached hydrogens (tertiary/aromatic N) is 1. The average molecular weight is 331 g/mol. The summed E-state index contributed by atoms with van der Waals surface area (Å²) in [6.45, 7) is 4.58. The van der Waals surface area contributed by atoms with Crippen molar-refractivity contribution in [2.24, 2.45) is 0 Å². The van der Waals surface area contributed by atoms with E-state index in [2.05, 4.69) is 21.7 Å². The summed E-state index contributed by atoms with van der Waals surface area (Å²) >= 11 is 0. The Bertz CT molecular complexity index is 872. The molecule has 0 aliphatic carbocycles. The quantitative estimate of drug-likeness (QED) is 0.730. The van der Waals surface area contributed by atoms with E-state index in [1.54, 1.807) is 12.3 Å². The minimum atomic E-state index is -0.176. The maximum absolute atomic E-state index is 12.2. The topological polar surface area (TPSA) is 54.0 Å². The van der Waals surface area contributed by atoms with Gasteiger partial charge in [-0.3, -0.25) is 4.79 Å². The van der Waals surface area contributed by atoms with Gasteiger partial charge in [-0.05, 0) is 54.8 Å². The van der Waals surface area contributed by atoms with Crippen LogP contribution in [0.3, 0.4) is 0 Å². The Morgan fingerprint density at radius 3 is 2.52 bits per heavy atom. The first-order valence-electron chi connectivity index (χ1n) is 8.24. The predicted molar refractivity (Wildman–Crippen MR) is 101 cm³/mol. The molecule has 3 rings (SSSR count). The van der Waals surface area contributed by atoms with Crippen LogP contribution in [0.4, 0.5) is 11.4 Å². The number of aryl methyl sites for hydroxylation is 2. The number of carbonyl (C=O) groups excluding carboxylic acids is 1. The SMILES string of the molecule is Cc1cccc(Nc2ccc(C(=O)NCc3ccccc3C)nc2)c1. The first kappa shape index (κ1) is 16.7. The van der Waals surface area contributed by atoms with E-state index in [9.17, 15) is 4.79 Å². The van der Waals surface area contributed by atoms with Crippen molar-refractivity contribution in [3.05, 3.63) is 89.2 Å². The highest BCUT2D eigenvalue weighted by Gasteiger charge is 2.07. The highest BCUT2D eigenvalue weighted by atomic mass is 16.1. The third kappa shape index (κ3) is 4.44. The summed E-state index contributed by atoms with van der Waals surface area (Å²) in [4.78, 5) is 16.5. The van der Waals surface area contributed by atoms with Gasteiger partial charge in [0.2, 0.25) is 0 Å². The van der Waals surface area contributed by atoms with Crippen molar-refractivity contribution < 1.29 is 4.79 Å². The first-order valence-corrected chi connectivity index (χ1v) is 8.24. The Hall–Kier alpha value is -3.14. The van der Waals surface area contributed by atoms with E-state index in [1.807, 2.05) is 62.4 Å². The van der Waals surface area contributed by atoms with Gasteiger partial charge in [-0.25, -0.2) is 4.98 Å². The van der Waals surface area contributed by atoms with Gasteiger partial charge in [-0.1, -0.05) is 36.4 Å². The van der Waals surface area contributed by atoms with Gasteiger partial charge >= 0.3 is 0 Å². The number of anilines is 2. The summed E-state index contributed by atoms with van der Waals surface area (Å²) in [6.07, 6.45) is 1.67. The van der Waals surface area contributed by atoms with Crippen LogP contribution in [-0.2, 0) is 6.54 Å². The van der Waals surface area contributed by atoms with Crippen molar-refractivity contribution >= 4 is 17.3 Å². The normalized spacial score (nSPS) is 10.3. The number of benzene rings is 2. The number of pyridine rings is 1. The van der Waals surface area contributed by atoms with Crippen LogP contribution in [-0.4, -0.2) is 10.9 Å². The number of hydrogen-bond donors (Lipinski definition) is 2. The molecule has 0 aliphatic heterocycles. The predicted octanol–water partition coefficient (Wildman–Crippen LogP) is 4.37. The smallest absolute Gasteiger partial charge is 0.270 e. The van der Waals surface area contributed by atoms with Gasteiger partial charge in [0.25, 0.3) is 5.91 Å². The largest absolute Gasteiger partial charge is 0.354 e. The van der Waals surface area contributed by atoms with Crippen molar-refractivity contribution in [3.8, 4) is 0 Å². The molecule has 0 spiro atoms. The van der Waals surface area contributed by atoms with Crippen LogP contribution in [0, 0.1) is 13.8 Å². The van der Waals surface area contributed by atoms with Crippen molar-refractivity contribution in [2.45, 2.75) is 20.4 Å². The molecule has 2 aromatic carbocycles. The minimum absolute atomic E-state index is 0.176. The van der Waals surface area contributed by atoms with Crippen molar-refractivity contribution in [2.75, 3.05) is 5.32 Å². The summed E-state index contributed by atoms with van der Waals surface area (Å²) in [5.74, 6) is -0.176. The Balaban J connectivity index is 1.61. The fraction of sp³-hybridized carbons (Fsp3) is 0.143. The summed E-state index contributed by atoms with van der Waals surface area (Å²) in [5.41, 5.74) is 5.70. The fourth-order valence-electron chi connectivity index (χ4n) is 2.57. The molecule has 25 heavy (non-hydrogen) atoms. The first-order chi connectivity index (χ1) is 12.1. The molecule has 0 saturated carbocycles. The zero-order valence-corrected chi connectivity index (χ0v) is 14.4. The molecular formula is C21H21N3O. The van der Waals surface area contributed by atoms with E-state index >= 15 is 0 Å². The van der Waals surface area contributed by atoms with Crippen LogP contribution in [0.15, 0.2) is 66.9 Å². The van der Waals surface area contributed by atoms with Crippen LogP contribution in [0.2, 0.25) is 0 Å². The fourth-order valence-corrected chi connectivity index (χ4v) is 2.57. The van der Waals surface area contributed by atoms with Gasteiger partial charge in [0.1, 0.15) is 5.69 Å². The molecule has 2 N–H and O–H groups in total. The summed E-state index contributed by atoms with van der Waals surface area (Å²) in [7, 11) is 0.